The molecule has 2 N–H and O–H groups in total. The number of terminal acetylenes is 1. The Morgan fingerprint density at radius 1 is 1.27 bits per heavy atom. The smallest absolute Gasteiger partial charge is 0.0772 e. The molecule has 1 rings (SSSR count). The average molecular weight is 209 g/mol. The minimum atomic E-state index is -0.496. The quantitative estimate of drug-likeness (QED) is 0.548. The van der Waals surface area contributed by atoms with Crippen LogP contribution in [0.25, 0.3) is 0 Å². The number of rotatable bonds is 4. The first-order valence-electron chi connectivity index (χ1n) is 5.84. The standard InChI is InChI=1S/C13H23NO/c1-4-5-10-14-11-13(15)8-6-12(2,3)7-9-13/h1,14-15H,5-11H2,2-3H3. The van der Waals surface area contributed by atoms with E-state index in [2.05, 4.69) is 25.1 Å². The third kappa shape index (κ3) is 4.24. The van der Waals surface area contributed by atoms with Crippen molar-refractivity contribution >= 4 is 0 Å². The van der Waals surface area contributed by atoms with E-state index in [0.29, 0.717) is 12.0 Å². The van der Waals surface area contributed by atoms with Crippen molar-refractivity contribution in [2.45, 2.75) is 51.6 Å². The summed E-state index contributed by atoms with van der Waals surface area (Å²) in [6, 6.07) is 0. The Balaban J connectivity index is 2.26. The molecule has 1 aliphatic rings. The van der Waals surface area contributed by atoms with E-state index in [9.17, 15) is 5.11 Å². The van der Waals surface area contributed by atoms with Gasteiger partial charge in [-0.1, -0.05) is 13.8 Å². The van der Waals surface area contributed by atoms with Crippen LogP contribution >= 0.6 is 0 Å². The first-order chi connectivity index (χ1) is 6.97. The molecule has 0 saturated heterocycles. The van der Waals surface area contributed by atoms with Gasteiger partial charge < -0.3 is 10.4 Å². The molecule has 0 bridgehead atoms. The molecule has 0 heterocycles. The second-order valence-corrected chi connectivity index (χ2v) is 5.52. The summed E-state index contributed by atoms with van der Waals surface area (Å²) in [6.45, 7) is 6.05. The highest BCUT2D eigenvalue weighted by Crippen LogP contribution is 2.39. The number of nitrogens with one attached hydrogen (secondary N) is 1. The van der Waals surface area contributed by atoms with Crippen LogP contribution in [0.4, 0.5) is 0 Å². The lowest BCUT2D eigenvalue weighted by Gasteiger charge is -2.40. The van der Waals surface area contributed by atoms with Crippen LogP contribution in [-0.4, -0.2) is 23.8 Å². The van der Waals surface area contributed by atoms with Gasteiger partial charge in [-0.25, -0.2) is 0 Å². The predicted octanol–water partition coefficient (Wildman–Crippen LogP) is 1.93. The Labute approximate surface area is 93.5 Å². The van der Waals surface area contributed by atoms with E-state index in [1.54, 1.807) is 0 Å². The minimum Gasteiger partial charge on any atom is -0.389 e. The second kappa shape index (κ2) is 5.01. The fraction of sp³-hybridized carbons (Fsp3) is 0.846. The van der Waals surface area contributed by atoms with Gasteiger partial charge in [-0.2, -0.15) is 0 Å². The Morgan fingerprint density at radius 2 is 1.87 bits per heavy atom. The molecule has 2 nitrogen and oxygen atoms in total. The highest BCUT2D eigenvalue weighted by Gasteiger charge is 2.35. The summed E-state index contributed by atoms with van der Waals surface area (Å²) in [7, 11) is 0. The SMILES string of the molecule is C#CCCNCC1(O)CCC(C)(C)CC1. The summed E-state index contributed by atoms with van der Waals surface area (Å²) in [5.74, 6) is 2.59. The Morgan fingerprint density at radius 3 is 2.40 bits per heavy atom. The van der Waals surface area contributed by atoms with Gasteiger partial charge in [0.2, 0.25) is 0 Å². The molecular formula is C13H23NO. The van der Waals surface area contributed by atoms with Crippen molar-refractivity contribution in [2.24, 2.45) is 5.41 Å². The molecule has 0 atom stereocenters. The molecule has 1 aliphatic carbocycles. The van der Waals surface area contributed by atoms with E-state index in [1.165, 1.54) is 0 Å². The van der Waals surface area contributed by atoms with Crippen molar-refractivity contribution in [3.8, 4) is 12.3 Å². The number of hydrogen-bond donors (Lipinski definition) is 2. The van der Waals surface area contributed by atoms with Gasteiger partial charge in [0.25, 0.3) is 0 Å². The van der Waals surface area contributed by atoms with E-state index in [1.807, 2.05) is 0 Å². The van der Waals surface area contributed by atoms with E-state index >= 15 is 0 Å². The third-order valence-electron chi connectivity index (χ3n) is 3.43. The zero-order chi connectivity index (χ0) is 11.4. The van der Waals surface area contributed by atoms with Crippen molar-refractivity contribution in [3.63, 3.8) is 0 Å². The van der Waals surface area contributed by atoms with Gasteiger partial charge >= 0.3 is 0 Å². The summed E-state index contributed by atoms with van der Waals surface area (Å²) in [6.07, 6.45) is 9.94. The maximum absolute atomic E-state index is 10.3. The normalized spacial score (nSPS) is 23.3. The molecule has 0 aromatic heterocycles. The van der Waals surface area contributed by atoms with Crippen LogP contribution in [-0.2, 0) is 0 Å². The lowest BCUT2D eigenvalue weighted by Crippen LogP contribution is -2.45. The molecule has 0 unspecified atom stereocenters. The molecule has 2 heteroatoms. The fourth-order valence-corrected chi connectivity index (χ4v) is 2.05. The summed E-state index contributed by atoms with van der Waals surface area (Å²) >= 11 is 0. The number of aliphatic hydroxyl groups is 1. The van der Waals surface area contributed by atoms with Gasteiger partial charge in [-0.05, 0) is 31.1 Å². The number of hydrogen-bond acceptors (Lipinski definition) is 2. The Hall–Kier alpha value is -0.520. The molecule has 0 radical (unpaired) electrons. The largest absolute Gasteiger partial charge is 0.389 e. The molecule has 15 heavy (non-hydrogen) atoms. The van der Waals surface area contributed by atoms with Crippen LogP contribution in [0, 0.1) is 17.8 Å². The summed E-state index contributed by atoms with van der Waals surface area (Å²) in [5.41, 5.74) is -0.0881. The molecule has 1 saturated carbocycles. The molecule has 0 aromatic carbocycles. The molecular weight excluding hydrogens is 186 g/mol. The van der Waals surface area contributed by atoms with Crippen molar-refractivity contribution in [3.05, 3.63) is 0 Å². The molecule has 0 spiro atoms. The van der Waals surface area contributed by atoms with Crippen molar-refractivity contribution in [1.29, 1.82) is 0 Å². The van der Waals surface area contributed by atoms with Crippen molar-refractivity contribution in [1.82, 2.24) is 5.32 Å². The average Bonchev–Trinajstić information content (AvgIpc) is 2.19. The van der Waals surface area contributed by atoms with Crippen LogP contribution in [0.2, 0.25) is 0 Å². The zero-order valence-corrected chi connectivity index (χ0v) is 9.97. The molecule has 1 fully saturated rings. The predicted molar refractivity (Wildman–Crippen MR) is 63.5 cm³/mol. The lowest BCUT2D eigenvalue weighted by molar-refractivity contribution is -0.0240. The monoisotopic (exact) mass is 209 g/mol. The minimum absolute atomic E-state index is 0.408. The van der Waals surface area contributed by atoms with E-state index in [0.717, 1.165) is 38.6 Å². The van der Waals surface area contributed by atoms with Gasteiger partial charge in [-0.15, -0.1) is 12.3 Å². The van der Waals surface area contributed by atoms with E-state index in [-0.39, 0.29) is 0 Å². The highest BCUT2D eigenvalue weighted by atomic mass is 16.3. The summed E-state index contributed by atoms with van der Waals surface area (Å²) < 4.78 is 0. The zero-order valence-electron chi connectivity index (χ0n) is 9.97. The van der Waals surface area contributed by atoms with Gasteiger partial charge in [0, 0.05) is 19.5 Å². The first kappa shape index (κ1) is 12.5. The maximum Gasteiger partial charge on any atom is 0.0772 e. The molecule has 0 amide bonds. The topological polar surface area (TPSA) is 32.3 Å². The maximum atomic E-state index is 10.3. The van der Waals surface area contributed by atoms with Crippen LogP contribution in [0.3, 0.4) is 0 Å². The summed E-state index contributed by atoms with van der Waals surface area (Å²) in [5, 5.41) is 13.5. The van der Waals surface area contributed by atoms with Crippen molar-refractivity contribution < 1.29 is 5.11 Å². The Kier molecular flexibility index (Phi) is 4.19. The first-order valence-corrected chi connectivity index (χ1v) is 5.84. The fourth-order valence-electron chi connectivity index (χ4n) is 2.05. The summed E-state index contributed by atoms with van der Waals surface area (Å²) in [4.78, 5) is 0. The lowest BCUT2D eigenvalue weighted by atomic mass is 9.71. The van der Waals surface area contributed by atoms with E-state index < -0.39 is 5.60 Å². The van der Waals surface area contributed by atoms with Crippen LogP contribution in [0.1, 0.15) is 46.0 Å². The molecule has 0 aliphatic heterocycles. The van der Waals surface area contributed by atoms with Crippen LogP contribution < -0.4 is 5.32 Å². The highest BCUT2D eigenvalue weighted by molar-refractivity contribution is 4.91. The Bertz CT molecular complexity index is 229. The van der Waals surface area contributed by atoms with Crippen LogP contribution in [0.5, 0.6) is 0 Å². The van der Waals surface area contributed by atoms with Crippen molar-refractivity contribution in [2.75, 3.05) is 13.1 Å². The van der Waals surface area contributed by atoms with Gasteiger partial charge in [-0.3, -0.25) is 0 Å². The molecule has 0 aromatic rings. The second-order valence-electron chi connectivity index (χ2n) is 5.52. The molecule has 86 valence electrons. The van der Waals surface area contributed by atoms with Gasteiger partial charge in [0.15, 0.2) is 0 Å². The van der Waals surface area contributed by atoms with E-state index in [4.69, 9.17) is 6.42 Å². The third-order valence-corrected chi connectivity index (χ3v) is 3.43. The van der Waals surface area contributed by atoms with Crippen LogP contribution in [0.15, 0.2) is 0 Å². The van der Waals surface area contributed by atoms with Gasteiger partial charge in [0.05, 0.1) is 5.60 Å². The van der Waals surface area contributed by atoms with Gasteiger partial charge in [0.1, 0.15) is 0 Å².